The van der Waals surface area contributed by atoms with E-state index < -0.39 is 0 Å². The van der Waals surface area contributed by atoms with Gasteiger partial charge in [-0.2, -0.15) is 0 Å². The molecule has 0 amide bonds. The SMILES string of the molecule is C#CC(I)OCOc1ccc(Cl)cc1. The molecule has 0 bridgehead atoms. The molecule has 1 atom stereocenters. The fraction of sp³-hybridized carbons (Fsp3) is 0.200. The van der Waals surface area contributed by atoms with Crippen LogP contribution >= 0.6 is 34.2 Å². The van der Waals surface area contributed by atoms with E-state index in [1.54, 1.807) is 24.3 Å². The lowest BCUT2D eigenvalue weighted by Gasteiger charge is -2.07. The van der Waals surface area contributed by atoms with Crippen LogP contribution in [-0.4, -0.2) is 10.9 Å². The Bertz CT molecular complexity index is 318. The van der Waals surface area contributed by atoms with Gasteiger partial charge < -0.3 is 9.47 Å². The zero-order valence-electron chi connectivity index (χ0n) is 7.24. The summed E-state index contributed by atoms with van der Waals surface area (Å²) in [6.07, 6.45) is 5.12. The van der Waals surface area contributed by atoms with Gasteiger partial charge in [-0.1, -0.05) is 17.5 Å². The van der Waals surface area contributed by atoms with Crippen molar-refractivity contribution >= 4 is 34.2 Å². The van der Waals surface area contributed by atoms with Gasteiger partial charge in [-0.15, -0.1) is 6.42 Å². The number of alkyl halides is 1. The van der Waals surface area contributed by atoms with E-state index in [4.69, 9.17) is 27.5 Å². The van der Waals surface area contributed by atoms with Gasteiger partial charge in [0, 0.05) is 5.02 Å². The highest BCUT2D eigenvalue weighted by atomic mass is 127. The smallest absolute Gasteiger partial charge is 0.191 e. The Labute approximate surface area is 102 Å². The summed E-state index contributed by atoms with van der Waals surface area (Å²) in [5, 5.41) is 0.675. The van der Waals surface area contributed by atoms with Crippen molar-refractivity contribution in [2.45, 2.75) is 4.11 Å². The summed E-state index contributed by atoms with van der Waals surface area (Å²) in [5.41, 5.74) is 0. The highest BCUT2D eigenvalue weighted by Gasteiger charge is 1.98. The van der Waals surface area contributed by atoms with Crippen molar-refractivity contribution in [1.29, 1.82) is 0 Å². The van der Waals surface area contributed by atoms with Gasteiger partial charge in [0.25, 0.3) is 0 Å². The van der Waals surface area contributed by atoms with Gasteiger partial charge in [-0.25, -0.2) is 0 Å². The van der Waals surface area contributed by atoms with Gasteiger partial charge in [0.15, 0.2) is 10.9 Å². The van der Waals surface area contributed by atoms with Gasteiger partial charge in [0.05, 0.1) is 0 Å². The molecule has 1 rings (SSSR count). The summed E-state index contributed by atoms with van der Waals surface area (Å²) in [7, 11) is 0. The second kappa shape index (κ2) is 6.12. The van der Waals surface area contributed by atoms with Crippen molar-refractivity contribution < 1.29 is 9.47 Å². The van der Waals surface area contributed by atoms with Crippen LogP contribution in [0.1, 0.15) is 0 Å². The number of rotatable bonds is 4. The van der Waals surface area contributed by atoms with Crippen molar-refractivity contribution in [1.82, 2.24) is 0 Å². The molecular weight excluding hydrogens is 314 g/mol. The highest BCUT2D eigenvalue weighted by molar-refractivity contribution is 14.1. The average Bonchev–Trinajstić information content (AvgIpc) is 2.21. The predicted octanol–water partition coefficient (Wildman–Crippen LogP) is 3.09. The van der Waals surface area contributed by atoms with Gasteiger partial charge in [-0.05, 0) is 46.9 Å². The Kier molecular flexibility index (Phi) is 5.09. The minimum Gasteiger partial charge on any atom is -0.467 e. The van der Waals surface area contributed by atoms with Crippen molar-refractivity contribution in [3.05, 3.63) is 29.3 Å². The topological polar surface area (TPSA) is 18.5 Å². The maximum absolute atomic E-state index is 5.70. The largest absolute Gasteiger partial charge is 0.467 e. The summed E-state index contributed by atoms with van der Waals surface area (Å²) < 4.78 is 10.1. The van der Waals surface area contributed by atoms with Crippen molar-refractivity contribution in [3.8, 4) is 18.1 Å². The first-order chi connectivity index (χ1) is 6.72. The van der Waals surface area contributed by atoms with Crippen LogP contribution in [-0.2, 0) is 4.74 Å². The van der Waals surface area contributed by atoms with E-state index in [1.165, 1.54) is 0 Å². The van der Waals surface area contributed by atoms with E-state index in [-0.39, 0.29) is 10.9 Å². The maximum atomic E-state index is 5.70. The molecule has 1 unspecified atom stereocenters. The molecule has 4 heteroatoms. The van der Waals surface area contributed by atoms with Crippen LogP contribution in [0.4, 0.5) is 0 Å². The molecule has 0 aliphatic rings. The average molecular weight is 323 g/mol. The van der Waals surface area contributed by atoms with Crippen LogP contribution in [0.25, 0.3) is 0 Å². The Morgan fingerprint density at radius 1 is 1.43 bits per heavy atom. The molecule has 0 aliphatic carbocycles. The second-order valence-corrected chi connectivity index (χ2v) is 3.93. The van der Waals surface area contributed by atoms with E-state index in [1.807, 2.05) is 22.6 Å². The second-order valence-electron chi connectivity index (χ2n) is 2.37. The van der Waals surface area contributed by atoms with Crippen LogP contribution in [0.5, 0.6) is 5.75 Å². The lowest BCUT2D eigenvalue weighted by Crippen LogP contribution is -2.07. The summed E-state index contributed by atoms with van der Waals surface area (Å²) in [5.74, 6) is 3.13. The number of hydrogen-bond donors (Lipinski definition) is 0. The molecule has 0 fully saturated rings. The molecule has 0 aromatic heterocycles. The summed E-state index contributed by atoms with van der Waals surface area (Å²) in [4.78, 5) is 0. The number of hydrogen-bond acceptors (Lipinski definition) is 2. The number of halogens is 2. The van der Waals surface area contributed by atoms with Crippen LogP contribution in [0.2, 0.25) is 5.02 Å². The van der Waals surface area contributed by atoms with E-state index in [0.29, 0.717) is 10.8 Å². The molecule has 0 saturated carbocycles. The molecule has 14 heavy (non-hydrogen) atoms. The number of benzene rings is 1. The summed E-state index contributed by atoms with van der Waals surface area (Å²) in [6.45, 7) is 0.138. The predicted molar refractivity (Wildman–Crippen MR) is 64.7 cm³/mol. The minimum atomic E-state index is -0.264. The minimum absolute atomic E-state index is 0.138. The van der Waals surface area contributed by atoms with Crippen molar-refractivity contribution in [2.75, 3.05) is 6.79 Å². The first kappa shape index (κ1) is 11.6. The van der Waals surface area contributed by atoms with Crippen LogP contribution in [0.3, 0.4) is 0 Å². The molecule has 0 heterocycles. The molecule has 0 aliphatic heterocycles. The first-order valence-corrected chi connectivity index (χ1v) is 5.45. The van der Waals surface area contributed by atoms with Gasteiger partial charge in [0.1, 0.15) is 5.75 Å². The van der Waals surface area contributed by atoms with Crippen molar-refractivity contribution in [2.24, 2.45) is 0 Å². The Hall–Kier alpha value is -0.440. The molecule has 2 nitrogen and oxygen atoms in total. The zero-order chi connectivity index (χ0) is 10.4. The quantitative estimate of drug-likeness (QED) is 0.367. The summed E-state index contributed by atoms with van der Waals surface area (Å²) in [6, 6.07) is 7.03. The highest BCUT2D eigenvalue weighted by Crippen LogP contribution is 2.15. The number of ether oxygens (including phenoxy) is 2. The van der Waals surface area contributed by atoms with E-state index >= 15 is 0 Å². The van der Waals surface area contributed by atoms with Gasteiger partial charge in [-0.3, -0.25) is 0 Å². The third-order valence-corrected chi connectivity index (χ3v) is 2.36. The molecule has 0 N–H and O–H groups in total. The summed E-state index contributed by atoms with van der Waals surface area (Å²) >= 11 is 7.70. The maximum Gasteiger partial charge on any atom is 0.191 e. The molecule has 1 aromatic rings. The van der Waals surface area contributed by atoms with Gasteiger partial charge in [0.2, 0.25) is 0 Å². The van der Waals surface area contributed by atoms with Gasteiger partial charge >= 0.3 is 0 Å². The lowest BCUT2D eigenvalue weighted by molar-refractivity contribution is 0.0261. The normalized spacial score (nSPS) is 11.8. The Morgan fingerprint density at radius 2 is 2.07 bits per heavy atom. The lowest BCUT2D eigenvalue weighted by atomic mass is 10.3. The standard InChI is InChI=1S/C10H8ClIO2/c1-2-10(12)14-7-13-9-5-3-8(11)4-6-9/h1,3-6,10H,7H2. The third-order valence-electron chi connectivity index (χ3n) is 1.38. The molecule has 0 saturated heterocycles. The molecule has 0 spiro atoms. The third kappa shape index (κ3) is 4.18. The molecule has 1 aromatic carbocycles. The Morgan fingerprint density at radius 3 is 2.64 bits per heavy atom. The molecular formula is C10H8ClIO2. The fourth-order valence-corrected chi connectivity index (χ4v) is 1.01. The molecule has 74 valence electrons. The zero-order valence-corrected chi connectivity index (χ0v) is 10.2. The van der Waals surface area contributed by atoms with Crippen LogP contribution < -0.4 is 4.74 Å². The monoisotopic (exact) mass is 322 g/mol. The van der Waals surface area contributed by atoms with Crippen LogP contribution in [0.15, 0.2) is 24.3 Å². The first-order valence-electron chi connectivity index (χ1n) is 3.82. The van der Waals surface area contributed by atoms with E-state index in [0.717, 1.165) is 0 Å². The fourth-order valence-electron chi connectivity index (χ4n) is 0.741. The van der Waals surface area contributed by atoms with E-state index in [9.17, 15) is 0 Å². The Balaban J connectivity index is 2.32. The molecule has 0 radical (unpaired) electrons. The van der Waals surface area contributed by atoms with E-state index in [2.05, 4.69) is 5.92 Å². The van der Waals surface area contributed by atoms with Crippen molar-refractivity contribution in [3.63, 3.8) is 0 Å². The number of terminal acetylenes is 1. The van der Waals surface area contributed by atoms with Crippen LogP contribution in [0, 0.1) is 12.3 Å².